The van der Waals surface area contributed by atoms with E-state index >= 15 is 0 Å². The Bertz CT molecular complexity index is 998. The van der Waals surface area contributed by atoms with E-state index in [1.54, 1.807) is 12.1 Å². The van der Waals surface area contributed by atoms with Gasteiger partial charge in [0.1, 0.15) is 0 Å². The zero-order valence-electron chi connectivity index (χ0n) is 13.7. The van der Waals surface area contributed by atoms with Gasteiger partial charge in [0.2, 0.25) is 10.0 Å². The number of primary sulfonamides is 1. The maximum absolute atomic E-state index is 12.1. The number of amides is 1. The van der Waals surface area contributed by atoms with Gasteiger partial charge in [0, 0.05) is 6.54 Å². The van der Waals surface area contributed by atoms with Gasteiger partial charge in [-0.25, -0.2) is 13.6 Å². The average molecular weight is 371 g/mol. The van der Waals surface area contributed by atoms with Crippen molar-refractivity contribution >= 4 is 15.9 Å². The second kappa shape index (κ2) is 7.46. The van der Waals surface area contributed by atoms with Crippen LogP contribution < -0.4 is 10.5 Å². The Morgan fingerprint density at radius 3 is 2.42 bits per heavy atom. The number of rotatable bonds is 6. The quantitative estimate of drug-likeness (QED) is 0.667. The molecule has 0 unspecified atom stereocenters. The number of nitrogens with one attached hydrogen (secondary N) is 1. The molecule has 0 spiro atoms. The van der Waals surface area contributed by atoms with Crippen molar-refractivity contribution in [1.29, 1.82) is 0 Å². The van der Waals surface area contributed by atoms with Gasteiger partial charge in [-0.05, 0) is 36.2 Å². The van der Waals surface area contributed by atoms with Gasteiger partial charge in [0.25, 0.3) is 5.91 Å². The number of hydrogen-bond donors (Lipinski definition) is 2. The number of para-hydroxylation sites is 1. The molecule has 2 aromatic carbocycles. The summed E-state index contributed by atoms with van der Waals surface area (Å²) in [5.41, 5.74) is 1.87. The molecular weight excluding hydrogens is 354 g/mol. The molecule has 26 heavy (non-hydrogen) atoms. The first-order chi connectivity index (χ1) is 12.4. The maximum atomic E-state index is 12.1. The third kappa shape index (κ3) is 4.32. The summed E-state index contributed by atoms with van der Waals surface area (Å²) in [5.74, 6) is -0.326. The van der Waals surface area contributed by atoms with Crippen LogP contribution in [0, 0.1) is 0 Å². The molecule has 1 amide bonds. The van der Waals surface area contributed by atoms with Crippen molar-refractivity contribution in [2.75, 3.05) is 6.54 Å². The Morgan fingerprint density at radius 2 is 1.77 bits per heavy atom. The highest BCUT2D eigenvalue weighted by atomic mass is 32.2. The molecule has 3 aromatic rings. The summed E-state index contributed by atoms with van der Waals surface area (Å²) < 4.78 is 22.4. The molecule has 0 saturated carbocycles. The molecule has 0 atom stereocenters. The van der Waals surface area contributed by atoms with E-state index in [1.807, 2.05) is 30.3 Å². The van der Waals surface area contributed by atoms with Crippen LogP contribution in [0.2, 0.25) is 0 Å². The van der Waals surface area contributed by atoms with Crippen molar-refractivity contribution in [3.05, 3.63) is 72.1 Å². The number of nitrogens with two attached hydrogens (primary N) is 1. The van der Waals surface area contributed by atoms with Crippen LogP contribution in [0.1, 0.15) is 16.1 Å². The summed E-state index contributed by atoms with van der Waals surface area (Å²) in [4.78, 5) is 13.6. The highest BCUT2D eigenvalue weighted by Gasteiger charge is 2.11. The fourth-order valence-electron chi connectivity index (χ4n) is 2.31. The van der Waals surface area contributed by atoms with Crippen LogP contribution in [-0.2, 0) is 16.4 Å². The molecule has 0 bridgehead atoms. The van der Waals surface area contributed by atoms with Crippen molar-refractivity contribution < 1.29 is 13.2 Å². The summed E-state index contributed by atoms with van der Waals surface area (Å²) >= 11 is 0. The largest absolute Gasteiger partial charge is 0.350 e. The Hall–Kier alpha value is -3.04. The minimum Gasteiger partial charge on any atom is -0.350 e. The Kier molecular flexibility index (Phi) is 5.10. The number of carbonyl (C=O) groups excluding carboxylic acids is 1. The van der Waals surface area contributed by atoms with Crippen LogP contribution in [0.4, 0.5) is 0 Å². The van der Waals surface area contributed by atoms with Gasteiger partial charge in [-0.15, -0.1) is 5.10 Å². The topological polar surface area (TPSA) is 120 Å². The average Bonchev–Trinajstić information content (AvgIpc) is 3.12. The molecule has 0 saturated heterocycles. The van der Waals surface area contributed by atoms with E-state index in [0.717, 1.165) is 11.3 Å². The predicted octanol–water partition coefficient (Wildman–Crippen LogP) is 0.887. The summed E-state index contributed by atoms with van der Waals surface area (Å²) in [6.45, 7) is 0.381. The van der Waals surface area contributed by atoms with Crippen LogP contribution in [0.3, 0.4) is 0 Å². The third-order valence-electron chi connectivity index (χ3n) is 3.66. The van der Waals surface area contributed by atoms with Crippen molar-refractivity contribution in [3.63, 3.8) is 0 Å². The van der Waals surface area contributed by atoms with Gasteiger partial charge in [0.15, 0.2) is 5.69 Å². The molecule has 3 rings (SSSR count). The Morgan fingerprint density at radius 1 is 1.08 bits per heavy atom. The van der Waals surface area contributed by atoms with E-state index in [4.69, 9.17) is 5.14 Å². The van der Waals surface area contributed by atoms with Gasteiger partial charge in [-0.1, -0.05) is 30.3 Å². The lowest BCUT2D eigenvalue weighted by molar-refractivity contribution is 0.0948. The Balaban J connectivity index is 1.55. The summed E-state index contributed by atoms with van der Waals surface area (Å²) in [5, 5.41) is 16.1. The number of benzene rings is 2. The molecule has 0 radical (unpaired) electrons. The van der Waals surface area contributed by atoms with Crippen molar-refractivity contribution in [3.8, 4) is 5.69 Å². The molecule has 8 nitrogen and oxygen atoms in total. The highest BCUT2D eigenvalue weighted by Crippen LogP contribution is 2.09. The van der Waals surface area contributed by atoms with E-state index in [2.05, 4.69) is 15.5 Å². The predicted molar refractivity (Wildman–Crippen MR) is 95.2 cm³/mol. The normalized spacial score (nSPS) is 11.3. The third-order valence-corrected chi connectivity index (χ3v) is 4.59. The minimum atomic E-state index is -3.70. The molecule has 0 aliphatic rings. The van der Waals surface area contributed by atoms with Crippen LogP contribution >= 0.6 is 0 Å². The van der Waals surface area contributed by atoms with E-state index in [0.29, 0.717) is 13.0 Å². The molecule has 134 valence electrons. The molecule has 0 fully saturated rings. The number of nitrogens with zero attached hydrogens (tertiary/aromatic N) is 3. The van der Waals surface area contributed by atoms with Gasteiger partial charge in [-0.3, -0.25) is 4.79 Å². The molecule has 9 heteroatoms. The minimum absolute atomic E-state index is 0.0582. The lowest BCUT2D eigenvalue weighted by Gasteiger charge is -2.04. The number of sulfonamides is 1. The number of aromatic nitrogens is 3. The maximum Gasteiger partial charge on any atom is 0.273 e. The monoisotopic (exact) mass is 371 g/mol. The van der Waals surface area contributed by atoms with Crippen molar-refractivity contribution in [2.24, 2.45) is 5.14 Å². The van der Waals surface area contributed by atoms with Crippen LogP contribution in [0.25, 0.3) is 5.69 Å². The fraction of sp³-hybridized carbons (Fsp3) is 0.118. The smallest absolute Gasteiger partial charge is 0.273 e. The van der Waals surface area contributed by atoms with E-state index in [-0.39, 0.29) is 16.5 Å². The van der Waals surface area contributed by atoms with Crippen molar-refractivity contribution in [2.45, 2.75) is 11.3 Å². The second-order valence-corrected chi connectivity index (χ2v) is 7.11. The van der Waals surface area contributed by atoms with E-state index < -0.39 is 10.0 Å². The lowest BCUT2D eigenvalue weighted by Crippen LogP contribution is -2.26. The summed E-state index contributed by atoms with van der Waals surface area (Å²) in [7, 11) is -3.70. The number of hydrogen-bond acceptors (Lipinski definition) is 5. The van der Waals surface area contributed by atoms with E-state index in [9.17, 15) is 13.2 Å². The van der Waals surface area contributed by atoms with Gasteiger partial charge < -0.3 is 5.32 Å². The molecule has 3 N–H and O–H groups in total. The molecule has 1 aromatic heterocycles. The standard InChI is InChI=1S/C17H17N5O3S/c18-26(24,25)15-8-6-13(7-9-15)10-11-19-17(23)16-12-20-22(21-16)14-4-2-1-3-5-14/h1-9,12H,10-11H2,(H,19,23)(H2,18,24,25). The van der Waals surface area contributed by atoms with Crippen molar-refractivity contribution in [1.82, 2.24) is 20.3 Å². The van der Waals surface area contributed by atoms with Crippen LogP contribution in [-0.4, -0.2) is 35.9 Å². The molecule has 0 aliphatic heterocycles. The Labute approximate surface area is 150 Å². The highest BCUT2D eigenvalue weighted by molar-refractivity contribution is 7.89. The second-order valence-electron chi connectivity index (χ2n) is 5.55. The number of carbonyl (C=O) groups is 1. The summed E-state index contributed by atoms with van der Waals surface area (Å²) in [6, 6.07) is 15.5. The summed E-state index contributed by atoms with van der Waals surface area (Å²) in [6.07, 6.45) is 1.95. The van der Waals surface area contributed by atoms with Gasteiger partial charge >= 0.3 is 0 Å². The van der Waals surface area contributed by atoms with E-state index in [1.165, 1.54) is 23.1 Å². The first-order valence-electron chi connectivity index (χ1n) is 7.81. The zero-order chi connectivity index (χ0) is 18.6. The van der Waals surface area contributed by atoms with Gasteiger partial charge in [-0.2, -0.15) is 9.90 Å². The van der Waals surface area contributed by atoms with Crippen LogP contribution in [0.5, 0.6) is 0 Å². The van der Waals surface area contributed by atoms with Gasteiger partial charge in [0.05, 0.1) is 16.8 Å². The van der Waals surface area contributed by atoms with Crippen LogP contribution in [0.15, 0.2) is 65.7 Å². The lowest BCUT2D eigenvalue weighted by atomic mass is 10.1. The first-order valence-corrected chi connectivity index (χ1v) is 9.36. The molecule has 1 heterocycles. The zero-order valence-corrected chi connectivity index (χ0v) is 14.6. The first kappa shape index (κ1) is 17.8. The molecular formula is C17H17N5O3S. The fourth-order valence-corrected chi connectivity index (χ4v) is 2.82. The SMILES string of the molecule is NS(=O)(=O)c1ccc(CCNC(=O)c2cnn(-c3ccccc3)n2)cc1. The molecule has 0 aliphatic carbocycles.